The Morgan fingerprint density at radius 3 is 2.69 bits per heavy atom. The first-order chi connectivity index (χ1) is 7.77. The Balaban J connectivity index is 2.01. The summed E-state index contributed by atoms with van der Waals surface area (Å²) in [4.78, 5) is 0. The Labute approximate surface area is 92.5 Å². The zero-order valence-corrected chi connectivity index (χ0v) is 8.61. The van der Waals surface area contributed by atoms with Gasteiger partial charge in [-0.1, -0.05) is 30.3 Å². The molecule has 2 atom stereocenters. The Bertz CT molecular complexity index is 416. The molecule has 0 bridgehead atoms. The first kappa shape index (κ1) is 10.7. The van der Waals surface area contributed by atoms with E-state index in [1.165, 1.54) is 0 Å². The second kappa shape index (κ2) is 4.82. The summed E-state index contributed by atoms with van der Waals surface area (Å²) in [7, 11) is 0. The van der Waals surface area contributed by atoms with Crippen LogP contribution in [0.2, 0.25) is 0 Å². The highest BCUT2D eigenvalue weighted by Gasteiger charge is 2.20. The van der Waals surface area contributed by atoms with Gasteiger partial charge in [0.15, 0.2) is 5.82 Å². The Morgan fingerprint density at radius 2 is 2.06 bits per heavy atom. The second-order valence-corrected chi connectivity index (χ2v) is 3.58. The number of rotatable bonds is 4. The fourth-order valence-corrected chi connectivity index (χ4v) is 1.49. The maximum atomic E-state index is 9.84. The number of aromatic nitrogens is 4. The van der Waals surface area contributed by atoms with Crippen LogP contribution in [-0.2, 0) is 6.42 Å². The summed E-state index contributed by atoms with van der Waals surface area (Å²) < 4.78 is 0. The van der Waals surface area contributed by atoms with Gasteiger partial charge in [-0.2, -0.15) is 0 Å². The number of H-pyrrole nitrogens is 1. The minimum atomic E-state index is -0.879. The van der Waals surface area contributed by atoms with E-state index in [1.54, 1.807) is 0 Å². The molecule has 1 aromatic heterocycles. The van der Waals surface area contributed by atoms with E-state index in [0.29, 0.717) is 12.2 Å². The van der Waals surface area contributed by atoms with Crippen LogP contribution in [0.1, 0.15) is 17.5 Å². The summed E-state index contributed by atoms with van der Waals surface area (Å²) in [5.74, 6) is 0.295. The molecular formula is C10H13N5O. The van der Waals surface area contributed by atoms with Crippen molar-refractivity contribution in [2.75, 3.05) is 0 Å². The van der Waals surface area contributed by atoms with Crippen molar-refractivity contribution in [3.05, 3.63) is 41.7 Å². The molecule has 0 radical (unpaired) electrons. The van der Waals surface area contributed by atoms with Gasteiger partial charge in [0, 0.05) is 6.04 Å². The quantitative estimate of drug-likeness (QED) is 0.661. The van der Waals surface area contributed by atoms with Crippen LogP contribution in [0.4, 0.5) is 0 Å². The number of hydrogen-bond donors (Lipinski definition) is 3. The molecule has 2 rings (SSSR count). The van der Waals surface area contributed by atoms with Crippen molar-refractivity contribution < 1.29 is 5.11 Å². The number of nitrogens with two attached hydrogens (primary N) is 1. The van der Waals surface area contributed by atoms with Crippen LogP contribution >= 0.6 is 0 Å². The lowest BCUT2D eigenvalue weighted by Gasteiger charge is -2.15. The van der Waals surface area contributed by atoms with Gasteiger partial charge in [-0.05, 0) is 22.4 Å². The molecule has 0 aliphatic heterocycles. The summed E-state index contributed by atoms with van der Waals surface area (Å²) in [5, 5.41) is 22.8. The highest BCUT2D eigenvalue weighted by atomic mass is 16.3. The summed E-state index contributed by atoms with van der Waals surface area (Å²) in [6, 6.07) is 9.30. The largest absolute Gasteiger partial charge is 0.383 e. The minimum Gasteiger partial charge on any atom is -0.383 e. The molecule has 0 fully saturated rings. The van der Waals surface area contributed by atoms with Gasteiger partial charge in [0.2, 0.25) is 0 Å². The molecule has 0 saturated heterocycles. The second-order valence-electron chi connectivity index (χ2n) is 3.58. The topological polar surface area (TPSA) is 101 Å². The molecule has 2 unspecified atom stereocenters. The summed E-state index contributed by atoms with van der Waals surface area (Å²) in [6.45, 7) is 0. The van der Waals surface area contributed by atoms with Gasteiger partial charge < -0.3 is 10.8 Å². The van der Waals surface area contributed by atoms with Gasteiger partial charge in [0.25, 0.3) is 0 Å². The lowest BCUT2D eigenvalue weighted by molar-refractivity contribution is 0.137. The molecule has 1 heterocycles. The SMILES string of the molecule is NC(Cc1ccccc1)C(O)c1nnn[nH]1. The number of aliphatic hydroxyl groups excluding tert-OH is 1. The number of aromatic amines is 1. The highest BCUT2D eigenvalue weighted by Crippen LogP contribution is 2.13. The molecule has 16 heavy (non-hydrogen) atoms. The van der Waals surface area contributed by atoms with Crippen molar-refractivity contribution in [2.45, 2.75) is 18.6 Å². The lowest BCUT2D eigenvalue weighted by Crippen LogP contribution is -2.31. The number of hydrogen-bond acceptors (Lipinski definition) is 5. The van der Waals surface area contributed by atoms with E-state index in [9.17, 15) is 5.11 Å². The molecule has 4 N–H and O–H groups in total. The van der Waals surface area contributed by atoms with E-state index >= 15 is 0 Å². The smallest absolute Gasteiger partial charge is 0.179 e. The molecule has 84 valence electrons. The first-order valence-corrected chi connectivity index (χ1v) is 4.98. The number of benzene rings is 1. The molecule has 0 aliphatic rings. The van der Waals surface area contributed by atoms with Crippen LogP contribution in [0.5, 0.6) is 0 Å². The van der Waals surface area contributed by atoms with Crippen LogP contribution in [0.15, 0.2) is 30.3 Å². The summed E-state index contributed by atoms with van der Waals surface area (Å²) in [6.07, 6.45) is -0.307. The fraction of sp³-hybridized carbons (Fsp3) is 0.300. The van der Waals surface area contributed by atoms with E-state index in [1.807, 2.05) is 30.3 Å². The Kier molecular flexibility index (Phi) is 3.23. The number of nitrogens with one attached hydrogen (secondary N) is 1. The maximum Gasteiger partial charge on any atom is 0.179 e. The molecule has 2 aromatic rings. The lowest BCUT2D eigenvalue weighted by atomic mass is 10.0. The predicted octanol–water partition coefficient (Wildman–Crippen LogP) is -0.197. The molecule has 0 saturated carbocycles. The number of nitrogens with zero attached hydrogens (tertiary/aromatic N) is 3. The van der Waals surface area contributed by atoms with Crippen LogP contribution in [-0.4, -0.2) is 31.8 Å². The van der Waals surface area contributed by atoms with Crippen LogP contribution in [0, 0.1) is 0 Å². The zero-order valence-electron chi connectivity index (χ0n) is 8.61. The predicted molar refractivity (Wildman–Crippen MR) is 57.3 cm³/mol. The summed E-state index contributed by atoms with van der Waals surface area (Å²) >= 11 is 0. The first-order valence-electron chi connectivity index (χ1n) is 4.98. The molecule has 0 amide bonds. The Morgan fingerprint density at radius 1 is 1.31 bits per heavy atom. The van der Waals surface area contributed by atoms with Crippen molar-refractivity contribution >= 4 is 0 Å². The fourth-order valence-electron chi connectivity index (χ4n) is 1.49. The van der Waals surface area contributed by atoms with E-state index in [0.717, 1.165) is 5.56 Å². The molecule has 0 aliphatic carbocycles. The van der Waals surface area contributed by atoms with Gasteiger partial charge in [0.1, 0.15) is 6.10 Å². The number of tetrazole rings is 1. The molecule has 6 nitrogen and oxygen atoms in total. The third-order valence-electron chi connectivity index (χ3n) is 2.36. The maximum absolute atomic E-state index is 9.84. The van der Waals surface area contributed by atoms with Crippen molar-refractivity contribution in [1.82, 2.24) is 20.6 Å². The average molecular weight is 219 g/mol. The van der Waals surface area contributed by atoms with E-state index in [4.69, 9.17) is 5.73 Å². The van der Waals surface area contributed by atoms with Crippen molar-refractivity contribution in [2.24, 2.45) is 5.73 Å². The van der Waals surface area contributed by atoms with Gasteiger partial charge >= 0.3 is 0 Å². The van der Waals surface area contributed by atoms with Gasteiger partial charge in [-0.15, -0.1) is 5.10 Å². The number of aliphatic hydroxyl groups is 1. The third-order valence-corrected chi connectivity index (χ3v) is 2.36. The molecular weight excluding hydrogens is 206 g/mol. The van der Waals surface area contributed by atoms with Crippen molar-refractivity contribution in [3.8, 4) is 0 Å². The minimum absolute atomic E-state index is 0.295. The normalized spacial score (nSPS) is 14.6. The monoisotopic (exact) mass is 219 g/mol. The third kappa shape index (κ3) is 2.41. The van der Waals surface area contributed by atoms with Crippen LogP contribution < -0.4 is 5.73 Å². The van der Waals surface area contributed by atoms with Gasteiger partial charge in [0.05, 0.1) is 0 Å². The molecule has 6 heteroatoms. The van der Waals surface area contributed by atoms with E-state index < -0.39 is 12.1 Å². The van der Waals surface area contributed by atoms with Gasteiger partial charge in [-0.25, -0.2) is 5.10 Å². The summed E-state index contributed by atoms with van der Waals surface area (Å²) in [5.41, 5.74) is 6.95. The van der Waals surface area contributed by atoms with Crippen molar-refractivity contribution in [3.63, 3.8) is 0 Å². The van der Waals surface area contributed by atoms with Crippen molar-refractivity contribution in [1.29, 1.82) is 0 Å². The highest BCUT2D eigenvalue weighted by molar-refractivity contribution is 5.16. The van der Waals surface area contributed by atoms with Crippen LogP contribution in [0.25, 0.3) is 0 Å². The average Bonchev–Trinajstić information content (AvgIpc) is 2.83. The van der Waals surface area contributed by atoms with Crippen LogP contribution in [0.3, 0.4) is 0 Å². The Hall–Kier alpha value is -1.79. The van der Waals surface area contributed by atoms with Gasteiger partial charge in [-0.3, -0.25) is 0 Å². The molecule has 1 aromatic carbocycles. The van der Waals surface area contributed by atoms with E-state index in [-0.39, 0.29) is 0 Å². The standard InChI is InChI=1S/C10H13N5O/c11-8(6-7-4-2-1-3-5-7)9(16)10-12-14-15-13-10/h1-5,8-9,16H,6,11H2,(H,12,13,14,15). The zero-order chi connectivity index (χ0) is 11.4. The molecule has 0 spiro atoms. The van der Waals surface area contributed by atoms with E-state index in [2.05, 4.69) is 20.6 Å².